The molecule has 1 aliphatic rings. The van der Waals surface area contributed by atoms with E-state index in [9.17, 15) is 4.79 Å². The summed E-state index contributed by atoms with van der Waals surface area (Å²) in [6, 6.07) is 8.65. The van der Waals surface area contributed by atoms with Crippen molar-refractivity contribution in [2.45, 2.75) is 31.8 Å². The molecular weight excluding hydrogens is 294 g/mol. The highest BCUT2D eigenvalue weighted by atomic mass is 16.4. The summed E-state index contributed by atoms with van der Waals surface area (Å²) in [5.41, 5.74) is 2.47. The second-order valence-electron chi connectivity index (χ2n) is 5.79. The van der Waals surface area contributed by atoms with Crippen LogP contribution in [0.25, 0.3) is 0 Å². The van der Waals surface area contributed by atoms with Gasteiger partial charge in [-0.1, -0.05) is 17.3 Å². The Morgan fingerprint density at radius 3 is 2.61 bits per heavy atom. The fraction of sp³-hybridized carbons (Fsp3) is 0.438. The van der Waals surface area contributed by atoms with Crippen LogP contribution in [0.1, 0.15) is 18.4 Å². The van der Waals surface area contributed by atoms with Crippen LogP contribution in [-0.2, 0) is 13.0 Å². The van der Waals surface area contributed by atoms with E-state index in [1.807, 2.05) is 10.9 Å². The summed E-state index contributed by atoms with van der Waals surface area (Å²) in [6.45, 7) is 2.58. The molecule has 0 saturated carbocycles. The van der Waals surface area contributed by atoms with Crippen molar-refractivity contribution in [2.75, 3.05) is 18.0 Å². The van der Waals surface area contributed by atoms with E-state index in [2.05, 4.69) is 44.8 Å². The standard InChI is InChI=1S/C16H21N5O2/c22-16(23)18-14-6-9-20(10-7-14)15-3-1-13(2-4-15)5-11-21-12-8-17-19-21/h1-4,8,12,14,18H,5-7,9-11H2,(H,22,23). The molecule has 1 aliphatic heterocycles. The summed E-state index contributed by atoms with van der Waals surface area (Å²) >= 11 is 0. The maximum absolute atomic E-state index is 10.7. The predicted molar refractivity (Wildman–Crippen MR) is 86.6 cm³/mol. The van der Waals surface area contributed by atoms with Crippen molar-refractivity contribution in [3.63, 3.8) is 0 Å². The normalized spacial score (nSPS) is 15.6. The van der Waals surface area contributed by atoms with E-state index in [4.69, 9.17) is 5.11 Å². The van der Waals surface area contributed by atoms with Crippen molar-refractivity contribution in [2.24, 2.45) is 0 Å². The fourth-order valence-electron chi connectivity index (χ4n) is 2.93. The summed E-state index contributed by atoms with van der Waals surface area (Å²) in [4.78, 5) is 13.0. The molecule has 1 amide bonds. The van der Waals surface area contributed by atoms with Gasteiger partial charge in [-0.25, -0.2) is 4.79 Å². The Morgan fingerprint density at radius 1 is 1.26 bits per heavy atom. The first-order valence-electron chi connectivity index (χ1n) is 7.88. The number of hydrogen-bond donors (Lipinski definition) is 2. The van der Waals surface area contributed by atoms with Gasteiger partial charge in [0.15, 0.2) is 0 Å². The third kappa shape index (κ3) is 4.21. The molecule has 0 unspecified atom stereocenters. The fourth-order valence-corrected chi connectivity index (χ4v) is 2.93. The lowest BCUT2D eigenvalue weighted by molar-refractivity contribution is 0.187. The summed E-state index contributed by atoms with van der Waals surface area (Å²) in [7, 11) is 0. The number of piperidine rings is 1. The second kappa shape index (κ2) is 7.13. The molecule has 3 rings (SSSR count). The number of carboxylic acid groups (broad SMARTS) is 1. The van der Waals surface area contributed by atoms with E-state index in [-0.39, 0.29) is 6.04 Å². The molecule has 2 N–H and O–H groups in total. The topological polar surface area (TPSA) is 83.3 Å². The van der Waals surface area contributed by atoms with Crippen molar-refractivity contribution in [1.82, 2.24) is 20.3 Å². The number of carbonyl (C=O) groups is 1. The molecule has 2 heterocycles. The minimum absolute atomic E-state index is 0.0747. The van der Waals surface area contributed by atoms with Crippen LogP contribution in [-0.4, -0.2) is 45.3 Å². The van der Waals surface area contributed by atoms with Gasteiger partial charge in [0, 0.05) is 37.6 Å². The summed E-state index contributed by atoms with van der Waals surface area (Å²) in [5.74, 6) is 0. The molecule has 0 radical (unpaired) electrons. The number of aryl methyl sites for hydroxylation is 2. The lowest BCUT2D eigenvalue weighted by Gasteiger charge is -2.33. The number of aromatic nitrogens is 3. The van der Waals surface area contributed by atoms with E-state index in [1.165, 1.54) is 11.3 Å². The van der Waals surface area contributed by atoms with Gasteiger partial charge >= 0.3 is 6.09 Å². The highest BCUT2D eigenvalue weighted by molar-refractivity contribution is 5.65. The third-order valence-electron chi connectivity index (χ3n) is 4.23. The molecule has 0 bridgehead atoms. The van der Waals surface area contributed by atoms with Gasteiger partial charge in [0.1, 0.15) is 0 Å². The van der Waals surface area contributed by atoms with Crippen LogP contribution < -0.4 is 10.2 Å². The molecule has 0 spiro atoms. The van der Waals surface area contributed by atoms with Crippen LogP contribution in [0.15, 0.2) is 36.7 Å². The second-order valence-corrected chi connectivity index (χ2v) is 5.79. The monoisotopic (exact) mass is 315 g/mol. The minimum Gasteiger partial charge on any atom is -0.465 e. The maximum Gasteiger partial charge on any atom is 0.404 e. The molecule has 1 fully saturated rings. The first-order valence-corrected chi connectivity index (χ1v) is 7.88. The van der Waals surface area contributed by atoms with Crippen molar-refractivity contribution in [3.8, 4) is 0 Å². The average molecular weight is 315 g/mol. The highest BCUT2D eigenvalue weighted by Crippen LogP contribution is 2.21. The average Bonchev–Trinajstić information content (AvgIpc) is 3.07. The van der Waals surface area contributed by atoms with Crippen LogP contribution >= 0.6 is 0 Å². The first-order chi connectivity index (χ1) is 11.2. The van der Waals surface area contributed by atoms with Crippen LogP contribution in [0.2, 0.25) is 0 Å². The molecule has 122 valence electrons. The number of amides is 1. The Kier molecular flexibility index (Phi) is 4.75. The molecule has 0 atom stereocenters. The van der Waals surface area contributed by atoms with Gasteiger partial charge in [0.25, 0.3) is 0 Å². The highest BCUT2D eigenvalue weighted by Gasteiger charge is 2.20. The summed E-state index contributed by atoms with van der Waals surface area (Å²) in [6.07, 6.45) is 5.24. The number of nitrogens with zero attached hydrogens (tertiary/aromatic N) is 4. The van der Waals surface area contributed by atoms with Gasteiger partial charge in [-0.3, -0.25) is 4.68 Å². The van der Waals surface area contributed by atoms with Gasteiger partial charge in [0.05, 0.1) is 6.20 Å². The molecular formula is C16H21N5O2. The lowest BCUT2D eigenvalue weighted by atomic mass is 10.0. The summed E-state index contributed by atoms with van der Waals surface area (Å²) in [5, 5.41) is 19.1. The van der Waals surface area contributed by atoms with Crippen LogP contribution in [0.5, 0.6) is 0 Å². The quantitative estimate of drug-likeness (QED) is 0.878. The molecule has 1 saturated heterocycles. The SMILES string of the molecule is O=C(O)NC1CCN(c2ccc(CCn3ccnn3)cc2)CC1. The van der Waals surface area contributed by atoms with E-state index in [0.29, 0.717) is 0 Å². The molecule has 23 heavy (non-hydrogen) atoms. The summed E-state index contributed by atoms with van der Waals surface area (Å²) < 4.78 is 1.83. The van der Waals surface area contributed by atoms with Gasteiger partial charge < -0.3 is 15.3 Å². The van der Waals surface area contributed by atoms with E-state index in [1.54, 1.807) is 6.20 Å². The van der Waals surface area contributed by atoms with E-state index >= 15 is 0 Å². The van der Waals surface area contributed by atoms with Gasteiger partial charge in [-0.05, 0) is 37.0 Å². The van der Waals surface area contributed by atoms with Gasteiger partial charge in [-0.15, -0.1) is 5.10 Å². The molecule has 1 aromatic carbocycles. The Morgan fingerprint density at radius 2 is 2.00 bits per heavy atom. The number of benzene rings is 1. The van der Waals surface area contributed by atoms with Gasteiger partial charge in [-0.2, -0.15) is 0 Å². The predicted octanol–water partition coefficient (Wildman–Crippen LogP) is 1.76. The zero-order valence-corrected chi connectivity index (χ0v) is 12.9. The number of hydrogen-bond acceptors (Lipinski definition) is 4. The minimum atomic E-state index is -0.930. The Balaban J connectivity index is 1.50. The Labute approximate surface area is 134 Å². The largest absolute Gasteiger partial charge is 0.465 e. The van der Waals surface area contributed by atoms with E-state index < -0.39 is 6.09 Å². The van der Waals surface area contributed by atoms with Crippen molar-refractivity contribution < 1.29 is 9.90 Å². The smallest absolute Gasteiger partial charge is 0.404 e. The third-order valence-corrected chi connectivity index (χ3v) is 4.23. The maximum atomic E-state index is 10.7. The van der Waals surface area contributed by atoms with Crippen LogP contribution in [0, 0.1) is 0 Å². The van der Waals surface area contributed by atoms with Crippen molar-refractivity contribution >= 4 is 11.8 Å². The molecule has 7 heteroatoms. The molecule has 7 nitrogen and oxygen atoms in total. The number of rotatable bonds is 5. The Bertz CT molecular complexity index is 618. The van der Waals surface area contributed by atoms with Crippen molar-refractivity contribution in [1.29, 1.82) is 0 Å². The zero-order valence-electron chi connectivity index (χ0n) is 12.9. The Hall–Kier alpha value is -2.57. The molecule has 0 aliphatic carbocycles. The van der Waals surface area contributed by atoms with Crippen LogP contribution in [0.3, 0.4) is 0 Å². The van der Waals surface area contributed by atoms with E-state index in [0.717, 1.165) is 38.9 Å². The molecule has 2 aromatic rings. The van der Waals surface area contributed by atoms with Gasteiger partial charge in [0.2, 0.25) is 0 Å². The lowest BCUT2D eigenvalue weighted by Crippen LogP contribution is -2.44. The molecule has 1 aromatic heterocycles. The number of anilines is 1. The number of nitrogens with one attached hydrogen (secondary N) is 1. The zero-order chi connectivity index (χ0) is 16.1. The van der Waals surface area contributed by atoms with Crippen molar-refractivity contribution in [3.05, 3.63) is 42.2 Å². The van der Waals surface area contributed by atoms with Crippen LogP contribution in [0.4, 0.5) is 10.5 Å². The first kappa shape index (κ1) is 15.3.